The normalized spacial score (nSPS) is 16.8. The van der Waals surface area contributed by atoms with Crippen LogP contribution in [0.1, 0.15) is 18.4 Å². The lowest BCUT2D eigenvalue weighted by Gasteiger charge is -2.39. The number of aliphatic hydroxyl groups is 1. The molecule has 2 aromatic rings. The van der Waals surface area contributed by atoms with Gasteiger partial charge in [0.1, 0.15) is 5.60 Å². The summed E-state index contributed by atoms with van der Waals surface area (Å²) in [6, 6.07) is 16.7. The summed E-state index contributed by atoms with van der Waals surface area (Å²) in [6.45, 7) is 1.20. The summed E-state index contributed by atoms with van der Waals surface area (Å²) in [6.07, 6.45) is 1.50. The van der Waals surface area contributed by atoms with Crippen molar-refractivity contribution in [2.24, 2.45) is 5.92 Å². The smallest absolute Gasteiger partial charge is 0.258 e. The first-order valence-electron chi connectivity index (χ1n) is 9.51. The van der Waals surface area contributed by atoms with E-state index in [9.17, 15) is 9.90 Å². The van der Waals surface area contributed by atoms with Gasteiger partial charge in [-0.3, -0.25) is 4.79 Å². The van der Waals surface area contributed by atoms with Gasteiger partial charge in [-0.05, 0) is 36.5 Å². The molecule has 1 heterocycles. The maximum Gasteiger partial charge on any atom is 0.258 e. The molecule has 0 aliphatic carbocycles. The SMILES string of the molecule is COc1ccccc1OCC(=O)NCC(O)(c1ccccc1)C1CCOCC1. The zero-order valence-corrected chi connectivity index (χ0v) is 16.1. The molecule has 0 spiro atoms. The van der Waals surface area contributed by atoms with Gasteiger partial charge in [0, 0.05) is 13.2 Å². The molecule has 6 nitrogen and oxygen atoms in total. The monoisotopic (exact) mass is 385 g/mol. The lowest BCUT2D eigenvalue weighted by Crippen LogP contribution is -2.48. The molecule has 0 radical (unpaired) electrons. The number of ether oxygens (including phenoxy) is 3. The maximum atomic E-state index is 12.4. The van der Waals surface area contributed by atoms with E-state index in [1.54, 1.807) is 19.2 Å². The Balaban J connectivity index is 1.63. The van der Waals surface area contributed by atoms with Crippen molar-refractivity contribution in [1.29, 1.82) is 0 Å². The minimum Gasteiger partial charge on any atom is -0.493 e. The molecule has 150 valence electrons. The van der Waals surface area contributed by atoms with Gasteiger partial charge in [0.15, 0.2) is 18.1 Å². The second-order valence-electron chi connectivity index (χ2n) is 6.89. The molecule has 3 rings (SSSR count). The van der Waals surface area contributed by atoms with Crippen LogP contribution in [0.2, 0.25) is 0 Å². The molecule has 1 unspecified atom stereocenters. The minimum atomic E-state index is -1.15. The van der Waals surface area contributed by atoms with E-state index in [0.717, 1.165) is 18.4 Å². The van der Waals surface area contributed by atoms with Crippen molar-refractivity contribution < 1.29 is 24.1 Å². The first-order chi connectivity index (χ1) is 13.6. The van der Waals surface area contributed by atoms with Crippen LogP contribution in [-0.4, -0.2) is 44.5 Å². The fourth-order valence-corrected chi connectivity index (χ4v) is 3.55. The summed E-state index contributed by atoms with van der Waals surface area (Å²) in [4.78, 5) is 12.4. The zero-order chi connectivity index (χ0) is 19.8. The summed E-state index contributed by atoms with van der Waals surface area (Å²) in [5.41, 5.74) is -0.349. The molecule has 0 bridgehead atoms. The van der Waals surface area contributed by atoms with E-state index >= 15 is 0 Å². The van der Waals surface area contributed by atoms with Gasteiger partial charge >= 0.3 is 0 Å². The van der Waals surface area contributed by atoms with Crippen LogP contribution in [0, 0.1) is 5.92 Å². The summed E-state index contributed by atoms with van der Waals surface area (Å²) in [5.74, 6) is 0.785. The molecule has 0 aromatic heterocycles. The highest BCUT2D eigenvalue weighted by molar-refractivity contribution is 5.77. The van der Waals surface area contributed by atoms with E-state index in [1.165, 1.54) is 0 Å². The van der Waals surface area contributed by atoms with Gasteiger partial charge in [0.05, 0.1) is 13.7 Å². The van der Waals surface area contributed by atoms with Gasteiger partial charge in [-0.2, -0.15) is 0 Å². The molecule has 1 aliphatic rings. The lowest BCUT2D eigenvalue weighted by molar-refractivity contribution is -0.126. The molecule has 1 fully saturated rings. The van der Waals surface area contributed by atoms with Crippen LogP contribution in [0.25, 0.3) is 0 Å². The van der Waals surface area contributed by atoms with E-state index in [4.69, 9.17) is 14.2 Å². The largest absolute Gasteiger partial charge is 0.493 e. The molecule has 0 saturated carbocycles. The van der Waals surface area contributed by atoms with E-state index in [1.807, 2.05) is 42.5 Å². The summed E-state index contributed by atoms with van der Waals surface area (Å²) < 4.78 is 16.2. The molecular weight excluding hydrogens is 358 g/mol. The van der Waals surface area contributed by atoms with Crippen molar-refractivity contribution in [2.75, 3.05) is 33.5 Å². The highest BCUT2D eigenvalue weighted by Crippen LogP contribution is 2.35. The van der Waals surface area contributed by atoms with Crippen molar-refractivity contribution in [2.45, 2.75) is 18.4 Å². The third kappa shape index (κ3) is 4.82. The number of rotatable bonds is 8. The Bertz CT molecular complexity index is 761. The molecule has 1 aliphatic heterocycles. The fraction of sp³-hybridized carbons (Fsp3) is 0.409. The van der Waals surface area contributed by atoms with Crippen LogP contribution in [0.5, 0.6) is 11.5 Å². The van der Waals surface area contributed by atoms with Crippen molar-refractivity contribution in [3.05, 3.63) is 60.2 Å². The number of carbonyl (C=O) groups excluding carboxylic acids is 1. The van der Waals surface area contributed by atoms with Gasteiger partial charge in [0.25, 0.3) is 5.91 Å². The summed E-state index contributed by atoms with van der Waals surface area (Å²) in [5, 5.41) is 14.3. The third-order valence-corrected chi connectivity index (χ3v) is 5.15. The Morgan fingerprint density at radius 1 is 1.11 bits per heavy atom. The number of hydrogen-bond acceptors (Lipinski definition) is 5. The second kappa shape index (κ2) is 9.57. The van der Waals surface area contributed by atoms with Gasteiger partial charge in [-0.15, -0.1) is 0 Å². The van der Waals surface area contributed by atoms with Gasteiger partial charge in [-0.25, -0.2) is 0 Å². The van der Waals surface area contributed by atoms with Gasteiger partial charge in [-0.1, -0.05) is 42.5 Å². The number of nitrogens with one attached hydrogen (secondary N) is 1. The highest BCUT2D eigenvalue weighted by Gasteiger charge is 2.39. The van der Waals surface area contributed by atoms with Crippen molar-refractivity contribution in [3.63, 3.8) is 0 Å². The number of amides is 1. The Hall–Kier alpha value is -2.57. The zero-order valence-electron chi connectivity index (χ0n) is 16.1. The standard InChI is InChI=1S/C22H27NO5/c1-26-19-9-5-6-10-20(19)28-15-21(24)23-16-22(25,17-7-3-2-4-8-17)18-11-13-27-14-12-18/h2-10,18,25H,11-16H2,1H3,(H,23,24). The minimum absolute atomic E-state index is 0.0130. The predicted molar refractivity (Wildman–Crippen MR) is 105 cm³/mol. The van der Waals surface area contributed by atoms with E-state index in [-0.39, 0.29) is 25.0 Å². The van der Waals surface area contributed by atoms with Crippen LogP contribution in [0.15, 0.2) is 54.6 Å². The van der Waals surface area contributed by atoms with Crippen molar-refractivity contribution in [3.8, 4) is 11.5 Å². The van der Waals surface area contributed by atoms with Crippen LogP contribution < -0.4 is 14.8 Å². The number of carbonyl (C=O) groups is 1. The second-order valence-corrected chi connectivity index (χ2v) is 6.89. The number of hydrogen-bond donors (Lipinski definition) is 2. The maximum absolute atomic E-state index is 12.4. The summed E-state index contributed by atoms with van der Waals surface area (Å²) >= 11 is 0. The Morgan fingerprint density at radius 3 is 2.43 bits per heavy atom. The molecule has 28 heavy (non-hydrogen) atoms. The highest BCUT2D eigenvalue weighted by atomic mass is 16.5. The fourth-order valence-electron chi connectivity index (χ4n) is 3.55. The molecule has 1 saturated heterocycles. The number of benzene rings is 2. The molecule has 1 atom stereocenters. The lowest BCUT2D eigenvalue weighted by atomic mass is 9.77. The third-order valence-electron chi connectivity index (χ3n) is 5.15. The van der Waals surface area contributed by atoms with Gasteiger partial charge < -0.3 is 24.6 Å². The van der Waals surface area contributed by atoms with E-state index < -0.39 is 5.60 Å². The predicted octanol–water partition coefficient (Wildman–Crippen LogP) is 2.50. The van der Waals surface area contributed by atoms with Crippen LogP contribution in [0.3, 0.4) is 0 Å². The molecule has 6 heteroatoms. The van der Waals surface area contributed by atoms with Crippen LogP contribution in [0.4, 0.5) is 0 Å². The van der Waals surface area contributed by atoms with Crippen molar-refractivity contribution >= 4 is 5.91 Å². The average molecular weight is 385 g/mol. The molecule has 2 N–H and O–H groups in total. The number of methoxy groups -OCH3 is 1. The Labute approximate surface area is 165 Å². The molecule has 2 aromatic carbocycles. The van der Waals surface area contributed by atoms with E-state index in [2.05, 4.69) is 5.32 Å². The summed E-state index contributed by atoms with van der Waals surface area (Å²) in [7, 11) is 1.55. The first-order valence-corrected chi connectivity index (χ1v) is 9.51. The van der Waals surface area contributed by atoms with Crippen LogP contribution >= 0.6 is 0 Å². The average Bonchev–Trinajstić information content (AvgIpc) is 2.77. The van der Waals surface area contributed by atoms with Crippen LogP contribution in [-0.2, 0) is 15.1 Å². The quantitative estimate of drug-likeness (QED) is 0.730. The Morgan fingerprint density at radius 2 is 1.75 bits per heavy atom. The van der Waals surface area contributed by atoms with Gasteiger partial charge in [0.2, 0.25) is 0 Å². The molecular formula is C22H27NO5. The molecule has 1 amide bonds. The number of para-hydroxylation sites is 2. The topological polar surface area (TPSA) is 77.0 Å². The Kier molecular flexibility index (Phi) is 6.90. The van der Waals surface area contributed by atoms with Crippen molar-refractivity contribution in [1.82, 2.24) is 5.32 Å². The first kappa shape index (κ1) is 20.2. The van der Waals surface area contributed by atoms with E-state index in [0.29, 0.717) is 24.7 Å².